The number of carbonyl (C=O) groups is 1. The van der Waals surface area contributed by atoms with Crippen molar-refractivity contribution in [2.45, 2.75) is 12.5 Å². The summed E-state index contributed by atoms with van der Waals surface area (Å²) in [6, 6.07) is 6.28. The summed E-state index contributed by atoms with van der Waals surface area (Å²) in [5.74, 6) is 0.0371. The van der Waals surface area contributed by atoms with Crippen molar-refractivity contribution in [3.8, 4) is 11.6 Å². The number of pyridine rings is 1. The molecule has 6 heteroatoms. The summed E-state index contributed by atoms with van der Waals surface area (Å²) in [5.41, 5.74) is 6.97. The molecular formula is C14H16N2O4. The van der Waals surface area contributed by atoms with Gasteiger partial charge < -0.3 is 20.3 Å². The second-order valence-corrected chi connectivity index (χ2v) is 4.36. The van der Waals surface area contributed by atoms with Crippen LogP contribution in [0.1, 0.15) is 5.56 Å². The first kappa shape index (κ1) is 14.1. The molecule has 3 N–H and O–H groups in total. The third kappa shape index (κ3) is 2.80. The molecule has 1 atom stereocenters. The fraction of sp³-hybridized carbons (Fsp3) is 0.286. The molecule has 106 valence electrons. The maximum Gasteiger partial charge on any atom is 0.320 e. The van der Waals surface area contributed by atoms with Crippen molar-refractivity contribution in [2.24, 2.45) is 5.73 Å². The van der Waals surface area contributed by atoms with Crippen LogP contribution in [0.5, 0.6) is 11.6 Å². The van der Waals surface area contributed by atoms with Crippen LogP contribution in [-0.2, 0) is 11.2 Å². The maximum absolute atomic E-state index is 10.9. The second-order valence-electron chi connectivity index (χ2n) is 4.36. The average molecular weight is 276 g/mol. The van der Waals surface area contributed by atoms with E-state index in [9.17, 15) is 4.79 Å². The van der Waals surface area contributed by atoms with Crippen LogP contribution >= 0.6 is 0 Å². The maximum atomic E-state index is 10.9. The number of nitrogens with zero attached hydrogens (tertiary/aromatic N) is 1. The molecule has 0 amide bonds. The highest BCUT2D eigenvalue weighted by Gasteiger charge is 2.16. The first-order chi connectivity index (χ1) is 9.55. The predicted molar refractivity (Wildman–Crippen MR) is 74.2 cm³/mol. The van der Waals surface area contributed by atoms with E-state index >= 15 is 0 Å². The zero-order valence-electron chi connectivity index (χ0n) is 11.3. The van der Waals surface area contributed by atoms with E-state index in [2.05, 4.69) is 4.98 Å². The number of carboxylic acid groups (broad SMARTS) is 1. The number of nitrogens with two attached hydrogens (primary N) is 1. The predicted octanol–water partition coefficient (Wildman–Crippen LogP) is 1.21. The summed E-state index contributed by atoms with van der Waals surface area (Å²) >= 11 is 0. The van der Waals surface area contributed by atoms with Gasteiger partial charge in [0.1, 0.15) is 11.8 Å². The van der Waals surface area contributed by atoms with Crippen molar-refractivity contribution in [3.63, 3.8) is 0 Å². The van der Waals surface area contributed by atoms with Crippen molar-refractivity contribution < 1.29 is 19.4 Å². The Labute approximate surface area is 116 Å². The van der Waals surface area contributed by atoms with Gasteiger partial charge in [-0.3, -0.25) is 4.79 Å². The fourth-order valence-corrected chi connectivity index (χ4v) is 1.95. The lowest BCUT2D eigenvalue weighted by molar-refractivity contribution is -0.138. The van der Waals surface area contributed by atoms with E-state index in [1.807, 2.05) is 18.2 Å². The van der Waals surface area contributed by atoms with Gasteiger partial charge in [0.2, 0.25) is 5.88 Å². The first-order valence-electron chi connectivity index (χ1n) is 6.05. The van der Waals surface area contributed by atoms with Gasteiger partial charge in [-0.05, 0) is 24.3 Å². The Hall–Kier alpha value is -2.34. The largest absolute Gasteiger partial charge is 0.497 e. The van der Waals surface area contributed by atoms with E-state index in [4.69, 9.17) is 20.3 Å². The number of hydrogen-bond acceptors (Lipinski definition) is 5. The lowest BCUT2D eigenvalue weighted by Crippen LogP contribution is -2.32. The fourth-order valence-electron chi connectivity index (χ4n) is 1.95. The summed E-state index contributed by atoms with van der Waals surface area (Å²) in [6.07, 6.45) is 0.151. The molecule has 1 aromatic carbocycles. The summed E-state index contributed by atoms with van der Waals surface area (Å²) < 4.78 is 10.4. The number of hydrogen-bond donors (Lipinski definition) is 2. The number of methoxy groups -OCH3 is 2. The summed E-state index contributed by atoms with van der Waals surface area (Å²) in [5, 5.41) is 9.74. The normalized spacial score (nSPS) is 12.2. The van der Waals surface area contributed by atoms with Gasteiger partial charge in [0, 0.05) is 17.4 Å². The monoisotopic (exact) mass is 276 g/mol. The average Bonchev–Trinajstić information content (AvgIpc) is 2.45. The summed E-state index contributed by atoms with van der Waals surface area (Å²) in [4.78, 5) is 15.2. The number of aromatic nitrogens is 1. The Balaban J connectivity index is 2.48. The molecular weight excluding hydrogens is 260 g/mol. The molecule has 2 rings (SSSR count). The molecule has 2 aromatic rings. The van der Waals surface area contributed by atoms with Crippen LogP contribution in [0, 0.1) is 0 Å². The van der Waals surface area contributed by atoms with Crippen LogP contribution in [-0.4, -0.2) is 36.3 Å². The number of ether oxygens (including phenoxy) is 2. The summed E-state index contributed by atoms with van der Waals surface area (Å²) in [6.45, 7) is 0. The number of benzene rings is 1. The van der Waals surface area contributed by atoms with Crippen molar-refractivity contribution in [3.05, 3.63) is 29.8 Å². The van der Waals surface area contributed by atoms with Gasteiger partial charge in [0.25, 0.3) is 0 Å². The standard InChI is InChI=1S/C14H16N2O4/c1-19-10-3-4-12-8(6-10)5-9(13(16-12)20-2)7-11(15)14(17)18/h3-6,11H,7,15H2,1-2H3,(H,17,18). The summed E-state index contributed by atoms with van der Waals surface area (Å²) in [7, 11) is 3.08. The lowest BCUT2D eigenvalue weighted by atomic mass is 10.1. The van der Waals surface area contributed by atoms with E-state index in [1.165, 1.54) is 7.11 Å². The highest BCUT2D eigenvalue weighted by Crippen LogP contribution is 2.26. The molecule has 6 nitrogen and oxygen atoms in total. The van der Waals surface area contributed by atoms with Crippen LogP contribution in [0.25, 0.3) is 10.9 Å². The molecule has 0 aliphatic carbocycles. The van der Waals surface area contributed by atoms with Crippen LogP contribution < -0.4 is 15.2 Å². The second kappa shape index (κ2) is 5.75. The Bertz CT molecular complexity index is 642. The van der Waals surface area contributed by atoms with Crippen molar-refractivity contribution in [1.29, 1.82) is 0 Å². The molecule has 0 fully saturated rings. The molecule has 0 spiro atoms. The van der Waals surface area contributed by atoms with E-state index in [1.54, 1.807) is 13.2 Å². The van der Waals surface area contributed by atoms with Crippen molar-refractivity contribution in [2.75, 3.05) is 14.2 Å². The van der Waals surface area contributed by atoms with E-state index < -0.39 is 12.0 Å². The minimum Gasteiger partial charge on any atom is -0.497 e. The molecule has 1 heterocycles. The molecule has 0 aliphatic heterocycles. The first-order valence-corrected chi connectivity index (χ1v) is 6.05. The van der Waals surface area contributed by atoms with Gasteiger partial charge in [0.05, 0.1) is 19.7 Å². The smallest absolute Gasteiger partial charge is 0.320 e. The quantitative estimate of drug-likeness (QED) is 0.852. The third-order valence-electron chi connectivity index (χ3n) is 3.01. The van der Waals surface area contributed by atoms with Crippen molar-refractivity contribution >= 4 is 16.9 Å². The van der Waals surface area contributed by atoms with Gasteiger partial charge in [0.15, 0.2) is 0 Å². The zero-order chi connectivity index (χ0) is 14.7. The highest BCUT2D eigenvalue weighted by atomic mass is 16.5. The van der Waals surface area contributed by atoms with Crippen LogP contribution in [0.3, 0.4) is 0 Å². The highest BCUT2D eigenvalue weighted by molar-refractivity contribution is 5.82. The number of fused-ring (bicyclic) bond motifs is 1. The minimum atomic E-state index is -1.06. The van der Waals surface area contributed by atoms with Gasteiger partial charge >= 0.3 is 5.97 Å². The van der Waals surface area contributed by atoms with E-state index in [-0.39, 0.29) is 6.42 Å². The number of carboxylic acids is 1. The molecule has 0 radical (unpaired) electrons. The minimum absolute atomic E-state index is 0.151. The van der Waals surface area contributed by atoms with Gasteiger partial charge in [-0.1, -0.05) is 0 Å². The Morgan fingerprint density at radius 2 is 2.10 bits per heavy atom. The topological polar surface area (TPSA) is 94.7 Å². The van der Waals surface area contributed by atoms with Crippen LogP contribution in [0.15, 0.2) is 24.3 Å². The number of aliphatic carboxylic acids is 1. The molecule has 20 heavy (non-hydrogen) atoms. The Morgan fingerprint density at radius 1 is 1.35 bits per heavy atom. The molecule has 0 aliphatic rings. The SMILES string of the molecule is COc1ccc2nc(OC)c(CC(N)C(=O)O)cc2c1. The number of rotatable bonds is 5. The third-order valence-corrected chi connectivity index (χ3v) is 3.01. The van der Waals surface area contributed by atoms with Gasteiger partial charge in [-0.2, -0.15) is 0 Å². The van der Waals surface area contributed by atoms with Gasteiger partial charge in [-0.15, -0.1) is 0 Å². The molecule has 0 saturated carbocycles. The molecule has 1 aromatic heterocycles. The molecule has 1 unspecified atom stereocenters. The zero-order valence-corrected chi connectivity index (χ0v) is 11.3. The molecule has 0 saturated heterocycles. The molecule has 0 bridgehead atoms. The van der Waals surface area contributed by atoms with E-state index in [0.717, 1.165) is 10.9 Å². The van der Waals surface area contributed by atoms with Crippen LogP contribution in [0.4, 0.5) is 0 Å². The van der Waals surface area contributed by atoms with Crippen LogP contribution in [0.2, 0.25) is 0 Å². The Kier molecular flexibility index (Phi) is 4.05. The lowest BCUT2D eigenvalue weighted by Gasteiger charge is -2.12. The van der Waals surface area contributed by atoms with E-state index in [0.29, 0.717) is 17.2 Å². The van der Waals surface area contributed by atoms with Gasteiger partial charge in [-0.25, -0.2) is 4.98 Å². The Morgan fingerprint density at radius 3 is 2.70 bits per heavy atom. The van der Waals surface area contributed by atoms with Crippen molar-refractivity contribution in [1.82, 2.24) is 4.98 Å².